The Morgan fingerprint density at radius 3 is 2.70 bits per heavy atom. The summed E-state index contributed by atoms with van der Waals surface area (Å²) in [5.74, 6) is -3.32. The van der Waals surface area contributed by atoms with Crippen LogP contribution >= 0.6 is 0 Å². The molecule has 3 aliphatic rings. The van der Waals surface area contributed by atoms with Gasteiger partial charge in [-0.25, -0.2) is 0 Å². The molecule has 0 unspecified atom stereocenters. The van der Waals surface area contributed by atoms with Crippen LogP contribution in [0.2, 0.25) is 0 Å². The van der Waals surface area contributed by atoms with Gasteiger partial charge >= 0.3 is 0 Å². The lowest BCUT2D eigenvalue weighted by molar-refractivity contribution is -0.156. The van der Waals surface area contributed by atoms with E-state index in [-0.39, 0.29) is 55.6 Å². The summed E-state index contributed by atoms with van der Waals surface area (Å²) in [5, 5.41) is 11.5. The number of hydrogen-bond acceptors (Lipinski definition) is 7. The normalized spacial score (nSPS) is 28.5. The van der Waals surface area contributed by atoms with Crippen LogP contribution in [0.4, 0.5) is 14.5 Å². The maximum atomic E-state index is 14.7. The minimum Gasteiger partial charge on any atom is -0.367 e. The number of carbonyl (C=O) groups is 2. The monoisotopic (exact) mass is 522 g/mol. The lowest BCUT2D eigenvalue weighted by Crippen LogP contribution is -2.63. The van der Waals surface area contributed by atoms with Crippen molar-refractivity contribution in [2.24, 2.45) is 0 Å². The number of anilines is 1. The van der Waals surface area contributed by atoms with Crippen molar-refractivity contribution < 1.29 is 23.1 Å². The summed E-state index contributed by atoms with van der Waals surface area (Å²) in [4.78, 5) is 31.9. The second kappa shape index (κ2) is 10.5. The van der Waals surface area contributed by atoms with Gasteiger partial charge in [-0.3, -0.25) is 14.5 Å². The summed E-state index contributed by atoms with van der Waals surface area (Å²) in [6, 6.07) is 1.39. The Kier molecular flexibility index (Phi) is 7.88. The van der Waals surface area contributed by atoms with E-state index >= 15 is 0 Å². The number of ether oxygens (including phenoxy) is 1. The third-order valence-electron chi connectivity index (χ3n) is 7.93. The van der Waals surface area contributed by atoms with Crippen LogP contribution in [0.3, 0.4) is 0 Å². The van der Waals surface area contributed by atoms with Gasteiger partial charge in [0, 0.05) is 50.1 Å². The highest BCUT2D eigenvalue weighted by molar-refractivity contribution is 5.97. The molecule has 1 N–H and O–H groups in total. The number of amides is 2. The highest BCUT2D eigenvalue weighted by Crippen LogP contribution is 2.42. The summed E-state index contributed by atoms with van der Waals surface area (Å²) in [6.07, 6.45) is -0.0752. The lowest BCUT2D eigenvalue weighted by Gasteiger charge is -2.45. The summed E-state index contributed by atoms with van der Waals surface area (Å²) in [7, 11) is 0. The molecule has 0 saturated carbocycles. The van der Waals surface area contributed by atoms with Gasteiger partial charge in [0.1, 0.15) is 12.3 Å². The Hall–Kier alpha value is -2.24. The molecule has 0 aromatic carbocycles. The van der Waals surface area contributed by atoms with Gasteiger partial charge < -0.3 is 19.9 Å². The van der Waals surface area contributed by atoms with Gasteiger partial charge in [-0.15, -0.1) is 5.10 Å². The van der Waals surface area contributed by atoms with Gasteiger partial charge in [0.05, 0.1) is 30.1 Å². The molecule has 3 aliphatic heterocycles. The fraction of sp³-hybridized carbons (Fsp3) is 0.769. The number of fused-ring (bicyclic) bond motifs is 1. The number of halogens is 2. The van der Waals surface area contributed by atoms with E-state index in [0.29, 0.717) is 44.0 Å². The van der Waals surface area contributed by atoms with Gasteiger partial charge in [0.25, 0.3) is 5.92 Å². The number of piperazine rings is 1. The predicted molar refractivity (Wildman–Crippen MR) is 136 cm³/mol. The molecule has 37 heavy (non-hydrogen) atoms. The predicted octanol–water partition coefficient (Wildman–Crippen LogP) is 2.29. The first-order valence-electron chi connectivity index (χ1n) is 13.3. The molecule has 0 radical (unpaired) electrons. The van der Waals surface area contributed by atoms with E-state index in [0.717, 1.165) is 0 Å². The first-order chi connectivity index (χ1) is 17.3. The minimum absolute atomic E-state index is 0.0511. The maximum Gasteiger partial charge on any atom is 0.291 e. The van der Waals surface area contributed by atoms with Crippen LogP contribution in [-0.2, 0) is 25.7 Å². The van der Waals surface area contributed by atoms with Crippen molar-refractivity contribution >= 4 is 17.5 Å². The van der Waals surface area contributed by atoms with Crippen LogP contribution in [0.25, 0.3) is 0 Å². The molecule has 2 amide bonds. The zero-order chi connectivity index (χ0) is 27.1. The fourth-order valence-corrected chi connectivity index (χ4v) is 5.53. The number of aromatic nitrogens is 2. The number of nitrogens with zero attached hydrogens (tertiary/aromatic N) is 5. The van der Waals surface area contributed by atoms with Crippen molar-refractivity contribution in [3.05, 3.63) is 17.5 Å². The number of morpholine rings is 1. The summed E-state index contributed by atoms with van der Waals surface area (Å²) < 4.78 is 34.9. The Bertz CT molecular complexity index is 1020. The van der Waals surface area contributed by atoms with Crippen LogP contribution in [0.15, 0.2) is 6.07 Å². The van der Waals surface area contributed by atoms with Crippen molar-refractivity contribution in [3.8, 4) is 0 Å². The third kappa shape index (κ3) is 5.63. The highest BCUT2D eigenvalue weighted by Gasteiger charge is 2.44. The molecule has 2 fully saturated rings. The zero-order valence-electron chi connectivity index (χ0n) is 22.8. The SMILES string of the molecule is CCCC(F)(F)c1cc2c(nn1)C(C)(C)CN2C(=O)CN1C[C@@H](C)NC[C@@H]1CN1C(=O)CO[C@@H](C)[C@H]1C. The molecule has 1 aromatic rings. The summed E-state index contributed by atoms with van der Waals surface area (Å²) >= 11 is 0. The molecule has 4 heterocycles. The smallest absolute Gasteiger partial charge is 0.291 e. The van der Waals surface area contributed by atoms with Crippen LogP contribution < -0.4 is 10.2 Å². The van der Waals surface area contributed by atoms with Crippen LogP contribution in [0, 0.1) is 0 Å². The van der Waals surface area contributed by atoms with Crippen molar-refractivity contribution in [1.29, 1.82) is 0 Å². The molecule has 206 valence electrons. The molecule has 0 spiro atoms. The highest BCUT2D eigenvalue weighted by atomic mass is 19.3. The lowest BCUT2D eigenvalue weighted by atomic mass is 9.91. The Balaban J connectivity index is 1.55. The molecule has 0 bridgehead atoms. The fourth-order valence-electron chi connectivity index (χ4n) is 5.53. The molecular weight excluding hydrogens is 482 g/mol. The van der Waals surface area contributed by atoms with E-state index in [9.17, 15) is 18.4 Å². The van der Waals surface area contributed by atoms with E-state index in [1.54, 1.807) is 11.8 Å². The van der Waals surface area contributed by atoms with E-state index in [1.807, 2.05) is 32.6 Å². The second-order valence-electron chi connectivity index (χ2n) is 11.5. The van der Waals surface area contributed by atoms with Gasteiger partial charge in [0.2, 0.25) is 11.8 Å². The largest absolute Gasteiger partial charge is 0.367 e. The van der Waals surface area contributed by atoms with Gasteiger partial charge in [-0.1, -0.05) is 27.2 Å². The molecule has 11 heteroatoms. The van der Waals surface area contributed by atoms with E-state index in [1.165, 1.54) is 6.07 Å². The first kappa shape index (κ1) is 27.8. The zero-order valence-corrected chi connectivity index (χ0v) is 22.8. The topological polar surface area (TPSA) is 90.9 Å². The molecule has 2 saturated heterocycles. The van der Waals surface area contributed by atoms with Crippen LogP contribution in [-0.4, -0.2) is 95.4 Å². The number of carbonyl (C=O) groups excluding carboxylic acids is 2. The molecule has 4 rings (SSSR count). The first-order valence-corrected chi connectivity index (χ1v) is 13.3. The summed E-state index contributed by atoms with van der Waals surface area (Å²) in [6.45, 7) is 13.9. The molecular formula is C26H40F2N6O3. The van der Waals surface area contributed by atoms with Gasteiger partial charge in [0.15, 0.2) is 0 Å². The number of alkyl halides is 2. The van der Waals surface area contributed by atoms with Gasteiger partial charge in [-0.2, -0.15) is 13.9 Å². The standard InChI is InChI=1S/C26H40F2N6O3/c1-7-8-26(27,28)21-9-20-24(31-30-21)25(5,6)15-34(20)22(35)13-32-11-16(2)29-10-19(32)12-33-17(3)18(4)37-14-23(33)36/h9,16-19,29H,7-8,10-15H2,1-6H3/t16-,17-,18+,19-/m1/s1. The van der Waals surface area contributed by atoms with Crippen molar-refractivity contribution in [3.63, 3.8) is 0 Å². The molecule has 9 nitrogen and oxygen atoms in total. The minimum atomic E-state index is -3.10. The van der Waals surface area contributed by atoms with Crippen LogP contribution in [0.5, 0.6) is 0 Å². The van der Waals surface area contributed by atoms with E-state index < -0.39 is 17.0 Å². The Labute approximate surface area is 217 Å². The number of hydrogen-bond donors (Lipinski definition) is 1. The summed E-state index contributed by atoms with van der Waals surface area (Å²) in [5.41, 5.74) is 0.0785. The van der Waals surface area contributed by atoms with Gasteiger partial charge in [-0.05, 0) is 26.8 Å². The third-order valence-corrected chi connectivity index (χ3v) is 7.93. The molecule has 4 atom stereocenters. The van der Waals surface area contributed by atoms with Crippen molar-refractivity contribution in [1.82, 2.24) is 25.3 Å². The Morgan fingerprint density at radius 1 is 1.27 bits per heavy atom. The molecule has 1 aromatic heterocycles. The van der Waals surface area contributed by atoms with Crippen LogP contribution in [0.1, 0.15) is 65.8 Å². The van der Waals surface area contributed by atoms with Crippen molar-refractivity contribution in [2.45, 2.75) is 90.0 Å². The Morgan fingerprint density at radius 2 is 2.00 bits per heavy atom. The molecule has 0 aliphatic carbocycles. The van der Waals surface area contributed by atoms with Crippen molar-refractivity contribution in [2.75, 3.05) is 44.2 Å². The average molecular weight is 523 g/mol. The average Bonchev–Trinajstić information content (AvgIpc) is 3.11. The van der Waals surface area contributed by atoms with E-state index in [2.05, 4.69) is 27.3 Å². The quantitative estimate of drug-likeness (QED) is 0.588. The number of rotatable bonds is 7. The number of nitrogens with one attached hydrogen (secondary N) is 1. The second-order valence-corrected chi connectivity index (χ2v) is 11.5. The maximum absolute atomic E-state index is 14.7. The van der Waals surface area contributed by atoms with E-state index in [4.69, 9.17) is 4.74 Å².